The summed E-state index contributed by atoms with van der Waals surface area (Å²) >= 11 is 3.43. The first-order chi connectivity index (χ1) is 11.5. The van der Waals surface area contributed by atoms with Crippen LogP contribution in [0, 0.1) is 13.8 Å². The highest BCUT2D eigenvalue weighted by atomic mass is 79.9. The van der Waals surface area contributed by atoms with Gasteiger partial charge in [-0.15, -0.1) is 0 Å². The lowest BCUT2D eigenvalue weighted by atomic mass is 10.2. The number of urea groups is 1. The van der Waals surface area contributed by atoms with Gasteiger partial charge < -0.3 is 15.2 Å². The van der Waals surface area contributed by atoms with Gasteiger partial charge in [0.2, 0.25) is 11.7 Å². The average Bonchev–Trinajstić information content (AvgIpc) is 2.97. The molecule has 0 spiro atoms. The van der Waals surface area contributed by atoms with E-state index in [0.717, 1.165) is 15.6 Å². The van der Waals surface area contributed by atoms with Crippen molar-refractivity contribution in [3.05, 3.63) is 58.4 Å². The zero-order chi connectivity index (χ0) is 17.1. The highest BCUT2D eigenvalue weighted by Gasteiger charge is 2.08. The van der Waals surface area contributed by atoms with Gasteiger partial charge in [-0.25, -0.2) is 4.79 Å². The van der Waals surface area contributed by atoms with Gasteiger partial charge in [0, 0.05) is 22.6 Å². The van der Waals surface area contributed by atoms with E-state index in [9.17, 15) is 4.79 Å². The lowest BCUT2D eigenvalue weighted by molar-refractivity contribution is 0.262. The van der Waals surface area contributed by atoms with Crippen LogP contribution >= 0.6 is 15.9 Å². The molecule has 6 nitrogen and oxygen atoms in total. The Hall–Kier alpha value is -2.67. The molecule has 1 aromatic heterocycles. The molecule has 0 fully saturated rings. The Kier molecular flexibility index (Phi) is 4.61. The van der Waals surface area contributed by atoms with Crippen molar-refractivity contribution in [3.63, 3.8) is 0 Å². The maximum absolute atomic E-state index is 12.1. The zero-order valence-corrected chi connectivity index (χ0v) is 14.7. The number of hydrogen-bond acceptors (Lipinski definition) is 4. The largest absolute Gasteiger partial charge is 0.339 e. The van der Waals surface area contributed by atoms with Crippen LogP contribution < -0.4 is 10.6 Å². The number of aromatic nitrogens is 2. The standard InChI is InChI=1S/C17H15BrN4O2/c1-10-3-8-15(14(18)9-10)21-17(23)20-13-6-4-12(5-7-13)16-19-11(2)24-22-16/h3-9H,1-2H3,(H2,20,21,23). The molecule has 2 N–H and O–H groups in total. The molecule has 24 heavy (non-hydrogen) atoms. The van der Waals surface area contributed by atoms with Crippen LogP contribution in [-0.4, -0.2) is 16.2 Å². The first-order valence-corrected chi connectivity index (χ1v) is 8.05. The Morgan fingerprint density at radius 3 is 2.46 bits per heavy atom. The maximum atomic E-state index is 12.1. The lowest BCUT2D eigenvalue weighted by Crippen LogP contribution is -2.19. The van der Waals surface area contributed by atoms with E-state index in [1.54, 1.807) is 19.1 Å². The van der Waals surface area contributed by atoms with E-state index in [1.807, 2.05) is 37.3 Å². The van der Waals surface area contributed by atoms with Gasteiger partial charge in [0.1, 0.15) is 0 Å². The Morgan fingerprint density at radius 2 is 1.83 bits per heavy atom. The normalized spacial score (nSPS) is 10.5. The van der Waals surface area contributed by atoms with E-state index in [0.29, 0.717) is 23.1 Å². The number of carbonyl (C=O) groups is 1. The van der Waals surface area contributed by atoms with Gasteiger partial charge in [-0.05, 0) is 64.8 Å². The van der Waals surface area contributed by atoms with Crippen LogP contribution in [0.3, 0.4) is 0 Å². The van der Waals surface area contributed by atoms with Crippen LogP contribution in [0.25, 0.3) is 11.4 Å². The maximum Gasteiger partial charge on any atom is 0.323 e. The number of benzene rings is 2. The molecule has 3 rings (SSSR count). The molecule has 0 aliphatic rings. The molecule has 122 valence electrons. The number of carbonyl (C=O) groups excluding carboxylic acids is 1. The average molecular weight is 387 g/mol. The molecular formula is C17H15BrN4O2. The minimum atomic E-state index is -0.317. The number of rotatable bonds is 3. The summed E-state index contributed by atoms with van der Waals surface area (Å²) in [5.41, 5.74) is 3.30. The molecule has 3 aromatic rings. The van der Waals surface area contributed by atoms with Gasteiger partial charge in [0.25, 0.3) is 0 Å². The van der Waals surface area contributed by atoms with Gasteiger partial charge in [0.05, 0.1) is 5.69 Å². The molecule has 0 unspecified atom stereocenters. The third-order valence-corrected chi connectivity index (χ3v) is 3.96. The van der Waals surface area contributed by atoms with E-state index in [2.05, 4.69) is 36.7 Å². The van der Waals surface area contributed by atoms with Crippen molar-refractivity contribution >= 4 is 33.3 Å². The van der Waals surface area contributed by atoms with Crippen molar-refractivity contribution in [1.29, 1.82) is 0 Å². The molecule has 7 heteroatoms. The zero-order valence-electron chi connectivity index (χ0n) is 13.1. The second-order valence-electron chi connectivity index (χ2n) is 5.28. The SMILES string of the molecule is Cc1ccc(NC(=O)Nc2ccc(-c3noc(C)n3)cc2)c(Br)c1. The van der Waals surface area contributed by atoms with Crippen molar-refractivity contribution in [2.24, 2.45) is 0 Å². The highest BCUT2D eigenvalue weighted by molar-refractivity contribution is 9.10. The van der Waals surface area contributed by atoms with Crippen molar-refractivity contribution in [1.82, 2.24) is 10.1 Å². The van der Waals surface area contributed by atoms with Gasteiger partial charge in [-0.1, -0.05) is 11.2 Å². The highest BCUT2D eigenvalue weighted by Crippen LogP contribution is 2.24. The number of amides is 2. The Labute approximate surface area is 147 Å². The van der Waals surface area contributed by atoms with Crippen LogP contribution in [0.4, 0.5) is 16.2 Å². The summed E-state index contributed by atoms with van der Waals surface area (Å²) in [5, 5.41) is 9.44. The molecule has 2 aromatic carbocycles. The summed E-state index contributed by atoms with van der Waals surface area (Å²) in [7, 11) is 0. The fourth-order valence-electron chi connectivity index (χ4n) is 2.13. The van der Waals surface area contributed by atoms with E-state index >= 15 is 0 Å². The van der Waals surface area contributed by atoms with Crippen LogP contribution in [0.5, 0.6) is 0 Å². The van der Waals surface area contributed by atoms with Crippen molar-refractivity contribution < 1.29 is 9.32 Å². The number of aryl methyl sites for hydroxylation is 2. The molecule has 2 amide bonds. The molecule has 0 atom stereocenters. The third kappa shape index (κ3) is 3.80. The summed E-state index contributed by atoms with van der Waals surface area (Å²) in [6.45, 7) is 3.72. The van der Waals surface area contributed by atoms with Crippen molar-refractivity contribution in [2.45, 2.75) is 13.8 Å². The van der Waals surface area contributed by atoms with E-state index in [1.165, 1.54) is 0 Å². The first-order valence-electron chi connectivity index (χ1n) is 7.26. The summed E-state index contributed by atoms with van der Waals surface area (Å²) in [5.74, 6) is 1.03. The van der Waals surface area contributed by atoms with Crippen LogP contribution in [0.1, 0.15) is 11.5 Å². The van der Waals surface area contributed by atoms with Gasteiger partial charge in [-0.3, -0.25) is 0 Å². The first kappa shape index (κ1) is 16.2. The number of hydrogen-bond donors (Lipinski definition) is 2. The summed E-state index contributed by atoms with van der Waals surface area (Å²) < 4.78 is 5.79. The number of nitrogens with one attached hydrogen (secondary N) is 2. The topological polar surface area (TPSA) is 80.0 Å². The Balaban J connectivity index is 1.66. The molecule has 1 heterocycles. The second-order valence-corrected chi connectivity index (χ2v) is 6.13. The lowest BCUT2D eigenvalue weighted by Gasteiger charge is -2.10. The quantitative estimate of drug-likeness (QED) is 0.679. The second kappa shape index (κ2) is 6.84. The molecule has 0 bridgehead atoms. The van der Waals surface area contributed by atoms with Gasteiger partial charge >= 0.3 is 6.03 Å². The summed E-state index contributed by atoms with van der Waals surface area (Å²) in [6.07, 6.45) is 0. The number of halogens is 1. The fraction of sp³-hybridized carbons (Fsp3) is 0.118. The van der Waals surface area contributed by atoms with Crippen molar-refractivity contribution in [3.8, 4) is 11.4 Å². The minimum Gasteiger partial charge on any atom is -0.339 e. The minimum absolute atomic E-state index is 0.317. The predicted octanol–water partition coefficient (Wildman–Crippen LogP) is 4.76. The van der Waals surface area contributed by atoms with Crippen molar-refractivity contribution in [2.75, 3.05) is 10.6 Å². The monoisotopic (exact) mass is 386 g/mol. The molecule has 0 aliphatic carbocycles. The molecule has 0 saturated heterocycles. The van der Waals surface area contributed by atoms with Crippen LogP contribution in [0.2, 0.25) is 0 Å². The smallest absolute Gasteiger partial charge is 0.323 e. The summed E-state index contributed by atoms with van der Waals surface area (Å²) in [6, 6.07) is 12.6. The fourth-order valence-corrected chi connectivity index (χ4v) is 2.72. The summed E-state index contributed by atoms with van der Waals surface area (Å²) in [4.78, 5) is 16.3. The van der Waals surface area contributed by atoms with Gasteiger partial charge in [-0.2, -0.15) is 4.98 Å². The molecular weight excluding hydrogens is 372 g/mol. The number of nitrogens with zero attached hydrogens (tertiary/aromatic N) is 2. The van der Waals surface area contributed by atoms with Crippen LogP contribution in [-0.2, 0) is 0 Å². The van der Waals surface area contributed by atoms with Gasteiger partial charge in [0.15, 0.2) is 0 Å². The molecule has 0 aliphatic heterocycles. The number of anilines is 2. The van der Waals surface area contributed by atoms with E-state index in [4.69, 9.17) is 4.52 Å². The third-order valence-electron chi connectivity index (χ3n) is 3.30. The van der Waals surface area contributed by atoms with E-state index in [-0.39, 0.29) is 6.03 Å². The van der Waals surface area contributed by atoms with Crippen LogP contribution in [0.15, 0.2) is 51.5 Å². The molecule has 0 saturated carbocycles. The van der Waals surface area contributed by atoms with E-state index < -0.39 is 0 Å². The Bertz CT molecular complexity index is 875. The molecule has 0 radical (unpaired) electrons. The Morgan fingerprint density at radius 1 is 1.08 bits per heavy atom. The predicted molar refractivity (Wildman–Crippen MR) is 96.0 cm³/mol.